The lowest BCUT2D eigenvalue weighted by Gasteiger charge is -2.44. The summed E-state index contributed by atoms with van der Waals surface area (Å²) in [5, 5.41) is 6.54. The molecule has 1 aromatic rings. The van der Waals surface area contributed by atoms with Gasteiger partial charge >= 0.3 is 0 Å². The SMILES string of the molecule is O=C(NC(=S)Nc1ccccc1)C12CCC3C[C@@H](C[C@H](C3)C1)C2. The molecule has 4 heteroatoms. The second-order valence-electron chi connectivity index (χ2n) is 7.81. The van der Waals surface area contributed by atoms with Gasteiger partial charge < -0.3 is 10.6 Å². The fraction of sp³-hybridized carbons (Fsp3) is 0.579. The Kier molecular flexibility index (Phi) is 3.88. The maximum atomic E-state index is 13.0. The molecule has 4 aliphatic carbocycles. The first-order valence-corrected chi connectivity index (χ1v) is 9.21. The van der Waals surface area contributed by atoms with E-state index in [-0.39, 0.29) is 11.3 Å². The van der Waals surface area contributed by atoms with Crippen LogP contribution in [0.3, 0.4) is 0 Å². The molecule has 4 saturated carbocycles. The van der Waals surface area contributed by atoms with Crippen LogP contribution in [-0.2, 0) is 4.79 Å². The van der Waals surface area contributed by atoms with Gasteiger partial charge in [0.25, 0.3) is 0 Å². The fourth-order valence-corrected chi connectivity index (χ4v) is 5.57. The van der Waals surface area contributed by atoms with E-state index >= 15 is 0 Å². The molecule has 0 heterocycles. The van der Waals surface area contributed by atoms with E-state index in [2.05, 4.69) is 10.6 Å². The van der Waals surface area contributed by atoms with Crippen molar-refractivity contribution in [3.63, 3.8) is 0 Å². The summed E-state index contributed by atoms with van der Waals surface area (Å²) in [6.07, 6.45) is 8.44. The Morgan fingerprint density at radius 1 is 1.04 bits per heavy atom. The van der Waals surface area contributed by atoms with E-state index in [0.29, 0.717) is 5.11 Å². The van der Waals surface area contributed by atoms with Crippen LogP contribution in [0.5, 0.6) is 0 Å². The van der Waals surface area contributed by atoms with Crippen LogP contribution in [0.1, 0.15) is 44.9 Å². The highest BCUT2D eigenvalue weighted by molar-refractivity contribution is 7.80. The zero-order chi connectivity index (χ0) is 15.9. The van der Waals surface area contributed by atoms with Crippen LogP contribution >= 0.6 is 12.2 Å². The zero-order valence-electron chi connectivity index (χ0n) is 13.4. The largest absolute Gasteiger partial charge is 0.332 e. The lowest BCUT2D eigenvalue weighted by Crippen LogP contribution is -2.48. The summed E-state index contributed by atoms with van der Waals surface area (Å²) in [6, 6.07) is 9.78. The standard InChI is InChI=1S/C19H24N2OS/c22-17(21-18(23)20-16-4-2-1-3-5-16)19-7-6-13-8-14(11-19)10-15(9-13)12-19/h1-5,13-15H,6-12H2,(H2,20,21,22,23)/t13?,14-,15-,19?/m0/s1. The molecule has 2 N–H and O–H groups in total. The number of para-hydroxylation sites is 1. The third-order valence-corrected chi connectivity index (χ3v) is 6.33. The number of nitrogens with one attached hydrogen (secondary N) is 2. The first-order chi connectivity index (χ1) is 11.1. The Balaban J connectivity index is 1.45. The Morgan fingerprint density at radius 2 is 1.70 bits per heavy atom. The molecule has 4 bridgehead atoms. The van der Waals surface area contributed by atoms with E-state index in [1.54, 1.807) is 0 Å². The molecule has 0 saturated heterocycles. The van der Waals surface area contributed by atoms with Gasteiger partial charge in [-0.3, -0.25) is 4.79 Å². The van der Waals surface area contributed by atoms with Gasteiger partial charge in [0.05, 0.1) is 5.41 Å². The average molecular weight is 328 g/mol. The normalized spacial score (nSPS) is 34.7. The van der Waals surface area contributed by atoms with Crippen molar-refractivity contribution in [3.05, 3.63) is 30.3 Å². The molecule has 0 spiro atoms. The molecule has 4 fully saturated rings. The summed E-state index contributed by atoms with van der Waals surface area (Å²) < 4.78 is 0. The molecule has 0 aromatic heterocycles. The molecule has 0 radical (unpaired) electrons. The minimum atomic E-state index is -0.165. The molecular formula is C19H24N2OS. The topological polar surface area (TPSA) is 41.1 Å². The van der Waals surface area contributed by atoms with Gasteiger partial charge in [-0.1, -0.05) is 18.2 Å². The monoisotopic (exact) mass is 328 g/mol. The van der Waals surface area contributed by atoms with Crippen LogP contribution < -0.4 is 10.6 Å². The zero-order valence-corrected chi connectivity index (χ0v) is 14.2. The molecule has 2 atom stereocenters. The molecule has 122 valence electrons. The van der Waals surface area contributed by atoms with E-state index in [1.165, 1.54) is 25.7 Å². The number of hydrogen-bond donors (Lipinski definition) is 2. The molecule has 0 unspecified atom stereocenters. The molecule has 23 heavy (non-hydrogen) atoms. The maximum absolute atomic E-state index is 13.0. The Labute approximate surface area is 143 Å². The van der Waals surface area contributed by atoms with Crippen LogP contribution in [-0.4, -0.2) is 11.0 Å². The van der Waals surface area contributed by atoms with Crippen LogP contribution in [0.15, 0.2) is 30.3 Å². The van der Waals surface area contributed by atoms with E-state index in [0.717, 1.165) is 42.7 Å². The van der Waals surface area contributed by atoms with E-state index in [1.807, 2.05) is 30.3 Å². The van der Waals surface area contributed by atoms with Crippen LogP contribution in [0.2, 0.25) is 0 Å². The summed E-state index contributed by atoms with van der Waals surface area (Å²) >= 11 is 5.36. The molecular weight excluding hydrogens is 304 g/mol. The number of carbonyl (C=O) groups excluding carboxylic acids is 1. The third-order valence-electron chi connectivity index (χ3n) is 6.13. The quantitative estimate of drug-likeness (QED) is 0.803. The number of anilines is 1. The highest BCUT2D eigenvalue weighted by Crippen LogP contribution is 2.57. The van der Waals surface area contributed by atoms with Crippen molar-refractivity contribution in [2.45, 2.75) is 44.9 Å². The van der Waals surface area contributed by atoms with E-state index in [4.69, 9.17) is 12.2 Å². The fourth-order valence-electron chi connectivity index (χ4n) is 5.36. The highest BCUT2D eigenvalue weighted by atomic mass is 32.1. The van der Waals surface area contributed by atoms with Crippen molar-refractivity contribution in [2.75, 3.05) is 5.32 Å². The first kappa shape index (κ1) is 15.1. The van der Waals surface area contributed by atoms with Crippen LogP contribution in [0.25, 0.3) is 0 Å². The lowest BCUT2D eigenvalue weighted by molar-refractivity contribution is -0.134. The lowest BCUT2D eigenvalue weighted by atomic mass is 9.61. The minimum Gasteiger partial charge on any atom is -0.332 e. The van der Waals surface area contributed by atoms with Crippen molar-refractivity contribution in [3.8, 4) is 0 Å². The van der Waals surface area contributed by atoms with Gasteiger partial charge in [0.2, 0.25) is 5.91 Å². The molecule has 0 aliphatic heterocycles. The van der Waals surface area contributed by atoms with Gasteiger partial charge in [-0.2, -0.15) is 0 Å². The van der Waals surface area contributed by atoms with Crippen LogP contribution in [0, 0.1) is 23.2 Å². The number of benzene rings is 1. The summed E-state index contributed by atoms with van der Waals surface area (Å²) in [6.45, 7) is 0. The number of rotatable bonds is 2. The number of thiocarbonyl (C=S) groups is 1. The third kappa shape index (κ3) is 3.01. The summed E-state index contributed by atoms with van der Waals surface area (Å²) in [5.41, 5.74) is 0.751. The number of hydrogen-bond acceptors (Lipinski definition) is 2. The molecule has 3 nitrogen and oxygen atoms in total. The second kappa shape index (κ2) is 5.90. The smallest absolute Gasteiger partial charge is 0.232 e. The molecule has 4 aliphatic rings. The Hall–Kier alpha value is -1.42. The average Bonchev–Trinajstić information content (AvgIpc) is 2.73. The number of fused-ring (bicyclic) bond motifs is 1. The van der Waals surface area contributed by atoms with E-state index in [9.17, 15) is 4.79 Å². The highest BCUT2D eigenvalue weighted by Gasteiger charge is 2.51. The summed E-state index contributed by atoms with van der Waals surface area (Å²) in [5.74, 6) is 2.54. The van der Waals surface area contributed by atoms with Crippen molar-refractivity contribution in [1.29, 1.82) is 0 Å². The van der Waals surface area contributed by atoms with Gasteiger partial charge in [-0.15, -0.1) is 0 Å². The van der Waals surface area contributed by atoms with Gasteiger partial charge in [0.15, 0.2) is 5.11 Å². The molecule has 5 rings (SSSR count). The summed E-state index contributed by atoms with van der Waals surface area (Å²) in [7, 11) is 0. The minimum absolute atomic E-state index is 0.156. The summed E-state index contributed by atoms with van der Waals surface area (Å²) in [4.78, 5) is 13.0. The van der Waals surface area contributed by atoms with Crippen molar-refractivity contribution in [1.82, 2.24) is 5.32 Å². The van der Waals surface area contributed by atoms with Crippen molar-refractivity contribution in [2.24, 2.45) is 23.2 Å². The van der Waals surface area contributed by atoms with Gasteiger partial charge in [-0.05, 0) is 87.1 Å². The Bertz CT molecular complexity index is 601. The maximum Gasteiger partial charge on any atom is 0.232 e. The van der Waals surface area contributed by atoms with Gasteiger partial charge in [0.1, 0.15) is 0 Å². The second-order valence-corrected chi connectivity index (χ2v) is 8.21. The number of carbonyl (C=O) groups is 1. The van der Waals surface area contributed by atoms with Crippen molar-refractivity contribution >= 4 is 28.9 Å². The first-order valence-electron chi connectivity index (χ1n) is 8.80. The van der Waals surface area contributed by atoms with Crippen molar-refractivity contribution < 1.29 is 4.79 Å². The van der Waals surface area contributed by atoms with Gasteiger partial charge in [0, 0.05) is 5.69 Å². The van der Waals surface area contributed by atoms with Gasteiger partial charge in [-0.25, -0.2) is 0 Å². The molecule has 1 amide bonds. The molecule has 1 aromatic carbocycles. The van der Waals surface area contributed by atoms with Crippen LogP contribution in [0.4, 0.5) is 5.69 Å². The Morgan fingerprint density at radius 3 is 2.39 bits per heavy atom. The predicted octanol–water partition coefficient (Wildman–Crippen LogP) is 4.11. The predicted molar refractivity (Wildman–Crippen MR) is 96.0 cm³/mol. The number of amides is 1. The van der Waals surface area contributed by atoms with E-state index < -0.39 is 0 Å².